The molecule has 0 aromatic heterocycles. The summed E-state index contributed by atoms with van der Waals surface area (Å²) in [6.07, 6.45) is -0.0781. The Hall–Kier alpha value is -3.43. The number of ether oxygens (including phenoxy) is 2. The Morgan fingerprint density at radius 1 is 1.14 bits per heavy atom. The van der Waals surface area contributed by atoms with Gasteiger partial charge in [-0.15, -0.1) is 0 Å². The number of imide groups is 1. The first-order valence-electron chi connectivity index (χ1n) is 12.2. The minimum Gasteiger partial charge on any atom is -0.493 e. The molecule has 9 heteroatoms. The second kappa shape index (κ2) is 10.3. The number of carbonyl (C=O) groups is 3. The minimum absolute atomic E-state index is 0.207. The van der Waals surface area contributed by atoms with Gasteiger partial charge in [-0.1, -0.05) is 55.8 Å². The molecule has 2 fully saturated rings. The summed E-state index contributed by atoms with van der Waals surface area (Å²) in [6.45, 7) is 3.69. The maximum atomic E-state index is 13.6. The van der Waals surface area contributed by atoms with Crippen LogP contribution >= 0.6 is 0 Å². The number of fused-ring (bicyclic) bond motifs is 1. The molecule has 5 atom stereocenters. The third-order valence-corrected chi connectivity index (χ3v) is 7.22. The zero-order chi connectivity index (χ0) is 26.0. The summed E-state index contributed by atoms with van der Waals surface area (Å²) in [7, 11) is 1.49. The van der Waals surface area contributed by atoms with E-state index in [9.17, 15) is 24.6 Å². The first-order chi connectivity index (χ1) is 17.3. The number of hydrogen-bond donors (Lipinski definition) is 3. The fourth-order valence-corrected chi connectivity index (χ4v) is 5.39. The van der Waals surface area contributed by atoms with E-state index in [2.05, 4.69) is 5.32 Å². The Kier molecular flexibility index (Phi) is 7.33. The van der Waals surface area contributed by atoms with Gasteiger partial charge in [0.05, 0.1) is 25.0 Å². The molecule has 36 heavy (non-hydrogen) atoms. The van der Waals surface area contributed by atoms with Gasteiger partial charge in [0.1, 0.15) is 6.61 Å². The molecular formula is C27H32N2O7. The largest absolute Gasteiger partial charge is 0.493 e. The zero-order valence-electron chi connectivity index (χ0n) is 20.6. The van der Waals surface area contributed by atoms with Crippen molar-refractivity contribution in [2.75, 3.05) is 13.7 Å². The van der Waals surface area contributed by atoms with Crippen LogP contribution in [0.15, 0.2) is 48.5 Å². The molecule has 4 rings (SSSR count). The van der Waals surface area contributed by atoms with Crippen molar-refractivity contribution in [3.8, 4) is 11.5 Å². The van der Waals surface area contributed by atoms with Gasteiger partial charge in [-0.05, 0) is 25.0 Å². The van der Waals surface area contributed by atoms with E-state index < -0.39 is 47.3 Å². The normalized spacial score (nSPS) is 26.1. The lowest BCUT2D eigenvalue weighted by Crippen LogP contribution is -2.62. The van der Waals surface area contributed by atoms with Crippen molar-refractivity contribution in [1.82, 2.24) is 10.2 Å². The molecule has 0 spiro atoms. The Morgan fingerprint density at radius 2 is 1.86 bits per heavy atom. The Morgan fingerprint density at radius 3 is 2.47 bits per heavy atom. The molecule has 9 nitrogen and oxygen atoms in total. The zero-order valence-corrected chi connectivity index (χ0v) is 20.6. The second-order valence-electron chi connectivity index (χ2n) is 9.31. The molecule has 0 bridgehead atoms. The van der Waals surface area contributed by atoms with Crippen molar-refractivity contribution in [2.45, 2.75) is 51.0 Å². The molecular weight excluding hydrogens is 464 g/mol. The van der Waals surface area contributed by atoms with E-state index in [0.717, 1.165) is 16.9 Å². The lowest BCUT2D eigenvalue weighted by Gasteiger charge is -2.33. The first kappa shape index (κ1) is 25.7. The van der Waals surface area contributed by atoms with Crippen LogP contribution in [0.2, 0.25) is 0 Å². The number of carboxylic acids is 1. The number of nitrogens with one attached hydrogen (secondary N) is 1. The van der Waals surface area contributed by atoms with Gasteiger partial charge in [-0.25, -0.2) is 0 Å². The van der Waals surface area contributed by atoms with Crippen LogP contribution < -0.4 is 14.8 Å². The summed E-state index contributed by atoms with van der Waals surface area (Å²) in [4.78, 5) is 40.8. The van der Waals surface area contributed by atoms with Gasteiger partial charge >= 0.3 is 5.97 Å². The highest BCUT2D eigenvalue weighted by atomic mass is 16.5. The summed E-state index contributed by atoms with van der Waals surface area (Å²) >= 11 is 0. The minimum atomic E-state index is -2.04. The number of aliphatic carboxylic acids is 1. The van der Waals surface area contributed by atoms with Crippen LogP contribution in [0.5, 0.6) is 11.5 Å². The van der Waals surface area contributed by atoms with Crippen LogP contribution in [-0.4, -0.2) is 58.2 Å². The highest BCUT2D eigenvalue weighted by molar-refractivity contribution is 6.09. The topological polar surface area (TPSA) is 125 Å². The summed E-state index contributed by atoms with van der Waals surface area (Å²) in [5, 5.41) is 24.0. The van der Waals surface area contributed by atoms with Crippen LogP contribution in [0.25, 0.3) is 0 Å². The van der Waals surface area contributed by atoms with E-state index in [0.29, 0.717) is 23.5 Å². The lowest BCUT2D eigenvalue weighted by atomic mass is 9.76. The molecule has 2 aromatic carbocycles. The molecule has 0 radical (unpaired) electrons. The van der Waals surface area contributed by atoms with Crippen molar-refractivity contribution in [3.63, 3.8) is 0 Å². The highest BCUT2D eigenvalue weighted by Crippen LogP contribution is 2.52. The monoisotopic (exact) mass is 496 g/mol. The summed E-state index contributed by atoms with van der Waals surface area (Å²) in [5.74, 6) is -3.94. The highest BCUT2D eigenvalue weighted by Gasteiger charge is 2.70. The van der Waals surface area contributed by atoms with E-state index in [-0.39, 0.29) is 13.2 Å². The number of rotatable bonds is 10. The number of aliphatic hydroxyl groups excluding tert-OH is 1. The molecule has 0 aliphatic carbocycles. The number of methoxy groups -OCH3 is 1. The van der Waals surface area contributed by atoms with E-state index in [1.165, 1.54) is 14.0 Å². The molecule has 2 aromatic rings. The number of benzene rings is 2. The average Bonchev–Trinajstić information content (AvgIpc) is 3.36. The number of para-hydroxylation sites is 1. The molecule has 2 amide bonds. The molecule has 5 unspecified atom stereocenters. The number of unbranched alkanes of at least 4 members (excludes halogenated alkanes) is 1. The van der Waals surface area contributed by atoms with Crippen molar-refractivity contribution in [1.29, 1.82) is 0 Å². The predicted molar refractivity (Wildman–Crippen MR) is 130 cm³/mol. The van der Waals surface area contributed by atoms with Crippen molar-refractivity contribution in [3.05, 3.63) is 59.7 Å². The first-order valence-corrected chi connectivity index (χ1v) is 12.2. The number of aliphatic hydroxyl groups is 1. The maximum Gasteiger partial charge on any atom is 0.327 e. The average molecular weight is 497 g/mol. The van der Waals surface area contributed by atoms with Crippen molar-refractivity contribution in [2.24, 2.45) is 11.8 Å². The van der Waals surface area contributed by atoms with Crippen LogP contribution in [0.1, 0.15) is 43.9 Å². The predicted octanol–water partition coefficient (Wildman–Crippen LogP) is 2.52. The van der Waals surface area contributed by atoms with E-state index in [4.69, 9.17) is 9.47 Å². The third-order valence-electron chi connectivity index (χ3n) is 7.22. The van der Waals surface area contributed by atoms with E-state index >= 15 is 0 Å². The SMILES string of the molecule is CCCCN1C(=O)C2C(c3cccc(OC)c3OCc3ccccc3)NC(C(=O)O)(C(C)O)C2C1=O. The quantitative estimate of drug-likeness (QED) is 0.429. The number of amides is 2. The molecule has 0 saturated carbocycles. The fraction of sp³-hybridized carbons (Fsp3) is 0.444. The van der Waals surface area contributed by atoms with E-state index in [1.54, 1.807) is 18.2 Å². The molecule has 2 saturated heterocycles. The molecule has 3 N–H and O–H groups in total. The van der Waals surface area contributed by atoms with Gasteiger partial charge in [0.2, 0.25) is 11.8 Å². The number of carbonyl (C=O) groups excluding carboxylic acids is 2. The smallest absolute Gasteiger partial charge is 0.327 e. The standard InChI is InChI=1S/C27H32N2O7/c1-4-5-14-29-24(31)20-21(25(29)32)27(16(2)30,26(33)34)28-22(20)18-12-9-13-19(35-3)23(18)36-15-17-10-7-6-8-11-17/h6-13,16,20-22,28,30H,4-5,14-15H2,1-3H3,(H,33,34). The second-order valence-corrected chi connectivity index (χ2v) is 9.31. The van der Waals surface area contributed by atoms with Crippen LogP contribution in [0.4, 0.5) is 0 Å². The molecule has 192 valence electrons. The molecule has 2 heterocycles. The van der Waals surface area contributed by atoms with Crippen molar-refractivity contribution < 1.29 is 34.1 Å². The van der Waals surface area contributed by atoms with Crippen LogP contribution in [-0.2, 0) is 21.0 Å². The Labute approximate surface area is 210 Å². The Balaban J connectivity index is 1.81. The Bertz CT molecular complexity index is 1140. The van der Waals surface area contributed by atoms with Gasteiger partial charge in [-0.3, -0.25) is 24.6 Å². The van der Waals surface area contributed by atoms with Gasteiger partial charge in [-0.2, -0.15) is 0 Å². The van der Waals surface area contributed by atoms with Crippen LogP contribution in [0.3, 0.4) is 0 Å². The summed E-state index contributed by atoms with van der Waals surface area (Å²) < 4.78 is 11.7. The number of hydrogen-bond acceptors (Lipinski definition) is 7. The maximum absolute atomic E-state index is 13.6. The fourth-order valence-electron chi connectivity index (χ4n) is 5.39. The lowest BCUT2D eigenvalue weighted by molar-refractivity contribution is -0.156. The molecule has 2 aliphatic rings. The number of nitrogens with zero attached hydrogens (tertiary/aromatic N) is 1. The van der Waals surface area contributed by atoms with Gasteiger partial charge in [0, 0.05) is 18.2 Å². The summed E-state index contributed by atoms with van der Waals surface area (Å²) in [5.41, 5.74) is -0.640. The van der Waals surface area contributed by atoms with Gasteiger partial charge < -0.3 is 19.7 Å². The van der Waals surface area contributed by atoms with Crippen molar-refractivity contribution >= 4 is 17.8 Å². The van der Waals surface area contributed by atoms with Gasteiger partial charge in [0.15, 0.2) is 17.0 Å². The van der Waals surface area contributed by atoms with E-state index in [1.807, 2.05) is 37.3 Å². The number of likely N-dealkylation sites (tertiary alicyclic amines) is 1. The van der Waals surface area contributed by atoms with Crippen LogP contribution in [0, 0.1) is 11.8 Å². The van der Waals surface area contributed by atoms with Gasteiger partial charge in [0.25, 0.3) is 0 Å². The number of carboxylic acid groups (broad SMARTS) is 1. The third kappa shape index (κ3) is 4.12. The summed E-state index contributed by atoms with van der Waals surface area (Å²) in [6, 6.07) is 13.8. The molecule has 2 aliphatic heterocycles.